The van der Waals surface area contributed by atoms with E-state index in [0.717, 1.165) is 35.1 Å². The fourth-order valence-corrected chi connectivity index (χ4v) is 4.67. The number of anilines is 1. The Kier molecular flexibility index (Phi) is 6.95. The number of nitrogens with one attached hydrogen (secondary N) is 2. The number of aromatic amines is 1. The van der Waals surface area contributed by atoms with Crippen molar-refractivity contribution >= 4 is 27.3 Å². The molecular formula is C23H16ClF3N4O6S. The van der Waals surface area contributed by atoms with Gasteiger partial charge < -0.3 is 9.84 Å². The van der Waals surface area contributed by atoms with E-state index in [1.807, 2.05) is 0 Å². The Morgan fingerprint density at radius 3 is 2.37 bits per heavy atom. The summed E-state index contributed by atoms with van der Waals surface area (Å²) in [6, 6.07) is 9.29. The van der Waals surface area contributed by atoms with E-state index in [-0.39, 0.29) is 27.9 Å². The third kappa shape index (κ3) is 5.65. The normalized spacial score (nSPS) is 11.8. The van der Waals surface area contributed by atoms with Crippen LogP contribution < -0.4 is 20.7 Å². The molecule has 0 fully saturated rings. The van der Waals surface area contributed by atoms with Crippen LogP contribution in [0.15, 0.2) is 75.3 Å². The number of H-pyrrole nitrogens is 1. The molecular weight excluding hydrogens is 553 g/mol. The van der Waals surface area contributed by atoms with E-state index in [9.17, 15) is 36.3 Å². The topological polar surface area (TPSA) is 143 Å². The zero-order valence-corrected chi connectivity index (χ0v) is 20.6. The molecule has 0 unspecified atom stereocenters. The smallest absolute Gasteiger partial charge is 0.416 e. The number of phenolic OH excluding ortho intramolecular Hbond substituents is 1. The summed E-state index contributed by atoms with van der Waals surface area (Å²) in [4.78, 5) is 24.9. The van der Waals surface area contributed by atoms with Gasteiger partial charge in [-0.2, -0.15) is 23.0 Å². The Hall–Kier alpha value is -4.30. The maximum Gasteiger partial charge on any atom is 0.416 e. The first-order valence-corrected chi connectivity index (χ1v) is 12.3. The van der Waals surface area contributed by atoms with Crippen molar-refractivity contribution in [1.29, 1.82) is 0 Å². The highest BCUT2D eigenvalue weighted by molar-refractivity contribution is 7.92. The second-order valence-electron chi connectivity index (χ2n) is 7.83. The largest absolute Gasteiger partial charge is 0.506 e. The van der Waals surface area contributed by atoms with E-state index in [1.165, 1.54) is 18.2 Å². The van der Waals surface area contributed by atoms with E-state index >= 15 is 0 Å². The van der Waals surface area contributed by atoms with Crippen molar-refractivity contribution in [1.82, 2.24) is 14.8 Å². The first kappa shape index (κ1) is 26.8. The molecule has 4 aromatic rings. The fourth-order valence-electron chi connectivity index (χ4n) is 3.31. The molecule has 38 heavy (non-hydrogen) atoms. The lowest BCUT2D eigenvalue weighted by Crippen LogP contribution is -2.30. The van der Waals surface area contributed by atoms with Gasteiger partial charge in [0.2, 0.25) is 0 Å². The van der Waals surface area contributed by atoms with Gasteiger partial charge in [0.05, 0.1) is 26.9 Å². The molecule has 15 heteroatoms. The van der Waals surface area contributed by atoms with Crippen LogP contribution in [-0.2, 0) is 16.2 Å². The number of phenols is 1. The van der Waals surface area contributed by atoms with E-state index in [1.54, 1.807) is 6.92 Å². The van der Waals surface area contributed by atoms with Crippen LogP contribution in [0.25, 0.3) is 5.69 Å². The molecule has 10 nitrogen and oxygen atoms in total. The lowest BCUT2D eigenvalue weighted by molar-refractivity contribution is -0.137. The van der Waals surface area contributed by atoms with Crippen LogP contribution in [0.3, 0.4) is 0 Å². The van der Waals surface area contributed by atoms with Crippen LogP contribution in [0.2, 0.25) is 5.02 Å². The van der Waals surface area contributed by atoms with Gasteiger partial charge >= 0.3 is 11.9 Å². The van der Waals surface area contributed by atoms with E-state index in [4.69, 9.17) is 16.3 Å². The zero-order chi connectivity index (χ0) is 27.8. The first-order valence-electron chi connectivity index (χ1n) is 10.4. The van der Waals surface area contributed by atoms with Crippen LogP contribution in [0.1, 0.15) is 11.1 Å². The monoisotopic (exact) mass is 568 g/mol. The number of hydrogen-bond donors (Lipinski definition) is 3. The highest BCUT2D eigenvalue weighted by Gasteiger charge is 2.30. The summed E-state index contributed by atoms with van der Waals surface area (Å²) in [6.07, 6.45) is -3.72. The zero-order valence-electron chi connectivity index (χ0n) is 19.1. The summed E-state index contributed by atoms with van der Waals surface area (Å²) in [5.74, 6) is -0.297. The number of sulfonamides is 1. The number of rotatable bonds is 6. The average Bonchev–Trinajstić information content (AvgIpc) is 2.82. The third-order valence-corrected chi connectivity index (χ3v) is 6.76. The van der Waals surface area contributed by atoms with Gasteiger partial charge in [-0.05, 0) is 61.0 Å². The fraction of sp³-hybridized carbons (Fsp3) is 0.0870. The van der Waals surface area contributed by atoms with E-state index in [0.29, 0.717) is 17.7 Å². The molecule has 3 aromatic carbocycles. The quantitative estimate of drug-likeness (QED) is 0.296. The highest BCUT2D eigenvalue weighted by atomic mass is 35.5. The SMILES string of the molecule is Cc1cc(-n2ncc(=O)[nH]c2=O)cc(Cl)c1Oc1ccc(O)c(NS(=O)(=O)c2ccc(C(F)(F)F)cc2)c1. The van der Waals surface area contributed by atoms with Crippen LogP contribution in [0.4, 0.5) is 18.9 Å². The summed E-state index contributed by atoms with van der Waals surface area (Å²) >= 11 is 6.34. The van der Waals surface area contributed by atoms with Crippen molar-refractivity contribution in [3.8, 4) is 22.9 Å². The molecule has 0 spiro atoms. The summed E-state index contributed by atoms with van der Waals surface area (Å²) in [7, 11) is -4.37. The number of halogens is 4. The van der Waals surface area contributed by atoms with Crippen molar-refractivity contribution in [2.24, 2.45) is 0 Å². The molecule has 3 N–H and O–H groups in total. The molecule has 0 amide bonds. The Morgan fingerprint density at radius 1 is 1.08 bits per heavy atom. The second kappa shape index (κ2) is 9.87. The molecule has 0 atom stereocenters. The average molecular weight is 569 g/mol. The minimum Gasteiger partial charge on any atom is -0.506 e. The standard InChI is InChI=1S/C23H16ClF3N4O6S/c1-12-8-14(31-22(34)29-20(33)11-28-31)9-17(24)21(12)37-15-4-7-19(32)18(10-15)30-38(35,36)16-5-2-13(3-6-16)23(25,26)27/h2-11,30,32H,1H3,(H,29,33,34). The number of aryl methyl sites for hydroxylation is 1. The van der Waals surface area contributed by atoms with E-state index in [2.05, 4.69) is 14.8 Å². The second-order valence-corrected chi connectivity index (χ2v) is 9.92. The molecule has 4 rings (SSSR count). The van der Waals surface area contributed by atoms with Gasteiger partial charge in [0.1, 0.15) is 23.4 Å². The predicted molar refractivity (Wildman–Crippen MR) is 131 cm³/mol. The van der Waals surface area contributed by atoms with Crippen molar-refractivity contribution in [3.05, 3.63) is 97.8 Å². The molecule has 0 saturated carbocycles. The van der Waals surface area contributed by atoms with E-state index < -0.39 is 43.7 Å². The first-order chi connectivity index (χ1) is 17.7. The number of aromatic hydroxyl groups is 1. The molecule has 0 radical (unpaired) electrons. The number of nitrogens with zero attached hydrogens (tertiary/aromatic N) is 2. The van der Waals surface area contributed by atoms with Gasteiger partial charge in [-0.15, -0.1) is 0 Å². The molecule has 0 saturated heterocycles. The number of hydrogen-bond acceptors (Lipinski definition) is 7. The van der Waals surface area contributed by atoms with Gasteiger partial charge in [0.25, 0.3) is 15.6 Å². The molecule has 0 aliphatic heterocycles. The van der Waals surface area contributed by atoms with Gasteiger partial charge in [0.15, 0.2) is 0 Å². The maximum atomic E-state index is 12.8. The van der Waals surface area contributed by atoms with Gasteiger partial charge in [-0.1, -0.05) is 11.6 Å². The molecule has 198 valence electrons. The summed E-state index contributed by atoms with van der Waals surface area (Å²) in [5.41, 5.74) is -2.12. The van der Waals surface area contributed by atoms with Crippen molar-refractivity contribution in [2.75, 3.05) is 4.72 Å². The molecule has 1 heterocycles. The lowest BCUT2D eigenvalue weighted by atomic mass is 10.2. The van der Waals surface area contributed by atoms with Gasteiger partial charge in [-0.25, -0.2) is 13.2 Å². The highest BCUT2D eigenvalue weighted by Crippen LogP contribution is 2.38. The maximum absolute atomic E-state index is 12.8. The Balaban J connectivity index is 1.61. The Labute approximate surface area is 217 Å². The number of benzene rings is 3. The molecule has 0 bridgehead atoms. The Bertz CT molecular complexity index is 1730. The van der Waals surface area contributed by atoms with Crippen molar-refractivity contribution < 1.29 is 31.4 Å². The number of aromatic nitrogens is 3. The van der Waals surface area contributed by atoms with Gasteiger partial charge in [0, 0.05) is 6.07 Å². The number of ether oxygens (including phenoxy) is 1. The predicted octanol–water partition coefficient (Wildman–Crippen LogP) is 4.20. The summed E-state index contributed by atoms with van der Waals surface area (Å²) < 4.78 is 72.5. The Morgan fingerprint density at radius 2 is 1.76 bits per heavy atom. The van der Waals surface area contributed by atoms with Crippen LogP contribution in [-0.4, -0.2) is 28.3 Å². The minimum absolute atomic E-state index is 0.0415. The van der Waals surface area contributed by atoms with Crippen LogP contribution in [0.5, 0.6) is 17.2 Å². The van der Waals surface area contributed by atoms with Crippen LogP contribution in [0, 0.1) is 6.92 Å². The number of alkyl halides is 3. The summed E-state index contributed by atoms with van der Waals surface area (Å²) in [5, 5.41) is 14.0. The van der Waals surface area contributed by atoms with Crippen LogP contribution >= 0.6 is 11.6 Å². The minimum atomic E-state index is -4.64. The van der Waals surface area contributed by atoms with Crippen molar-refractivity contribution in [2.45, 2.75) is 18.0 Å². The van der Waals surface area contributed by atoms with Gasteiger partial charge in [-0.3, -0.25) is 14.5 Å². The molecule has 1 aromatic heterocycles. The molecule has 0 aliphatic rings. The molecule has 0 aliphatic carbocycles. The lowest BCUT2D eigenvalue weighted by Gasteiger charge is -2.15. The van der Waals surface area contributed by atoms with Crippen molar-refractivity contribution in [3.63, 3.8) is 0 Å². The summed E-state index contributed by atoms with van der Waals surface area (Å²) in [6.45, 7) is 1.61. The third-order valence-electron chi connectivity index (χ3n) is 5.10.